The highest BCUT2D eigenvalue weighted by molar-refractivity contribution is 6.06. The van der Waals surface area contributed by atoms with E-state index in [0.29, 0.717) is 22.7 Å². The maximum absolute atomic E-state index is 12.1. The molecule has 0 saturated carbocycles. The van der Waals surface area contributed by atoms with Gasteiger partial charge in [0.25, 0.3) is 5.91 Å². The minimum atomic E-state index is -0.273. The van der Waals surface area contributed by atoms with Crippen LogP contribution in [0.3, 0.4) is 0 Å². The lowest BCUT2D eigenvalue weighted by atomic mass is 10.1. The zero-order valence-corrected chi connectivity index (χ0v) is 9.29. The van der Waals surface area contributed by atoms with Crippen LogP contribution in [0.25, 0.3) is 0 Å². The van der Waals surface area contributed by atoms with Crippen molar-refractivity contribution in [1.29, 1.82) is 0 Å². The normalized spacial score (nSPS) is 12.2. The standard InChI is InChI=1S/C12H9N3O3/c16-12(15-8-4-5-13-14-6-8)9-2-1-3-10-11(9)18-7-17-10/h1-6H,7H2,(H,13,15,16). The molecule has 18 heavy (non-hydrogen) atoms. The van der Waals surface area contributed by atoms with Crippen molar-refractivity contribution < 1.29 is 14.3 Å². The van der Waals surface area contributed by atoms with Crippen LogP contribution in [0.2, 0.25) is 0 Å². The Morgan fingerprint density at radius 3 is 3.00 bits per heavy atom. The molecule has 6 nitrogen and oxygen atoms in total. The summed E-state index contributed by atoms with van der Waals surface area (Å²) >= 11 is 0. The van der Waals surface area contributed by atoms with Crippen LogP contribution in [0.5, 0.6) is 11.5 Å². The van der Waals surface area contributed by atoms with Gasteiger partial charge >= 0.3 is 0 Å². The van der Waals surface area contributed by atoms with Crippen LogP contribution in [0.4, 0.5) is 5.69 Å². The minimum Gasteiger partial charge on any atom is -0.454 e. The maximum Gasteiger partial charge on any atom is 0.259 e. The molecule has 0 atom stereocenters. The third-order valence-corrected chi connectivity index (χ3v) is 2.48. The van der Waals surface area contributed by atoms with Gasteiger partial charge in [-0.25, -0.2) is 0 Å². The number of amides is 1. The summed E-state index contributed by atoms with van der Waals surface area (Å²) in [6.07, 6.45) is 2.98. The monoisotopic (exact) mass is 243 g/mol. The first-order chi connectivity index (χ1) is 8.84. The van der Waals surface area contributed by atoms with Crippen LogP contribution in [-0.2, 0) is 0 Å². The molecule has 0 unspecified atom stereocenters. The van der Waals surface area contributed by atoms with Crippen molar-refractivity contribution >= 4 is 11.6 Å². The summed E-state index contributed by atoms with van der Waals surface area (Å²) in [4.78, 5) is 12.1. The number of carbonyl (C=O) groups excluding carboxylic acids is 1. The Labute approximate surface area is 103 Å². The number of nitrogens with one attached hydrogen (secondary N) is 1. The second-order valence-electron chi connectivity index (χ2n) is 3.62. The molecule has 90 valence electrons. The number of para-hydroxylation sites is 1. The third kappa shape index (κ3) is 1.84. The lowest BCUT2D eigenvalue weighted by molar-refractivity contribution is 0.102. The number of hydrogen-bond donors (Lipinski definition) is 1. The molecule has 0 aliphatic carbocycles. The number of carbonyl (C=O) groups is 1. The number of hydrogen-bond acceptors (Lipinski definition) is 5. The Kier molecular flexibility index (Phi) is 2.53. The van der Waals surface area contributed by atoms with E-state index in [1.165, 1.54) is 12.4 Å². The van der Waals surface area contributed by atoms with Crippen molar-refractivity contribution in [3.8, 4) is 11.5 Å². The maximum atomic E-state index is 12.1. The van der Waals surface area contributed by atoms with E-state index in [1.54, 1.807) is 24.3 Å². The molecule has 0 fully saturated rings. The smallest absolute Gasteiger partial charge is 0.259 e. The average molecular weight is 243 g/mol. The van der Waals surface area contributed by atoms with E-state index in [-0.39, 0.29) is 12.7 Å². The molecule has 2 heterocycles. The molecule has 1 N–H and O–H groups in total. The second kappa shape index (κ2) is 4.33. The van der Waals surface area contributed by atoms with Gasteiger partial charge in [0.05, 0.1) is 23.6 Å². The molecule has 0 saturated heterocycles. The highest BCUT2D eigenvalue weighted by Gasteiger charge is 2.21. The number of rotatable bonds is 2. The summed E-state index contributed by atoms with van der Waals surface area (Å²) in [7, 11) is 0. The molecular formula is C12H9N3O3. The fraction of sp³-hybridized carbons (Fsp3) is 0.0833. The van der Waals surface area contributed by atoms with Crippen molar-refractivity contribution in [1.82, 2.24) is 10.2 Å². The number of aromatic nitrogens is 2. The second-order valence-corrected chi connectivity index (χ2v) is 3.62. The van der Waals surface area contributed by atoms with Gasteiger partial charge in [-0.3, -0.25) is 4.79 Å². The summed E-state index contributed by atoms with van der Waals surface area (Å²) in [6.45, 7) is 0.135. The Morgan fingerprint density at radius 1 is 1.22 bits per heavy atom. The molecule has 1 aromatic heterocycles. The van der Waals surface area contributed by atoms with Crippen molar-refractivity contribution in [2.24, 2.45) is 0 Å². The fourth-order valence-corrected chi connectivity index (χ4v) is 1.67. The van der Waals surface area contributed by atoms with Gasteiger partial charge < -0.3 is 14.8 Å². The molecule has 1 aromatic carbocycles. The molecule has 1 aliphatic rings. The zero-order valence-electron chi connectivity index (χ0n) is 9.29. The van der Waals surface area contributed by atoms with Gasteiger partial charge in [-0.05, 0) is 18.2 Å². The van der Waals surface area contributed by atoms with Gasteiger partial charge in [0.1, 0.15) is 0 Å². The first-order valence-corrected chi connectivity index (χ1v) is 5.31. The fourth-order valence-electron chi connectivity index (χ4n) is 1.67. The largest absolute Gasteiger partial charge is 0.454 e. The number of anilines is 1. The Hall–Kier alpha value is -2.63. The lowest BCUT2D eigenvalue weighted by Crippen LogP contribution is -2.12. The summed E-state index contributed by atoms with van der Waals surface area (Å²) in [5.74, 6) is 0.776. The van der Waals surface area contributed by atoms with Crippen molar-refractivity contribution in [3.05, 3.63) is 42.2 Å². The molecule has 2 aromatic rings. The van der Waals surface area contributed by atoms with Gasteiger partial charge in [-0.2, -0.15) is 10.2 Å². The van der Waals surface area contributed by atoms with Crippen molar-refractivity contribution in [2.75, 3.05) is 12.1 Å². The van der Waals surface area contributed by atoms with Crippen LogP contribution < -0.4 is 14.8 Å². The molecule has 0 spiro atoms. The molecule has 6 heteroatoms. The highest BCUT2D eigenvalue weighted by atomic mass is 16.7. The van der Waals surface area contributed by atoms with Crippen LogP contribution in [0.15, 0.2) is 36.7 Å². The molecular weight excluding hydrogens is 234 g/mol. The Morgan fingerprint density at radius 2 is 2.17 bits per heavy atom. The van der Waals surface area contributed by atoms with Crippen LogP contribution in [0.1, 0.15) is 10.4 Å². The first kappa shape index (κ1) is 10.5. The first-order valence-electron chi connectivity index (χ1n) is 5.31. The topological polar surface area (TPSA) is 73.3 Å². The van der Waals surface area contributed by atoms with Crippen LogP contribution in [-0.4, -0.2) is 22.9 Å². The van der Waals surface area contributed by atoms with Crippen molar-refractivity contribution in [2.45, 2.75) is 0 Å². The van der Waals surface area contributed by atoms with Crippen LogP contribution in [0, 0.1) is 0 Å². The Balaban J connectivity index is 1.88. The van der Waals surface area contributed by atoms with Gasteiger partial charge in [0.15, 0.2) is 11.5 Å². The van der Waals surface area contributed by atoms with Crippen LogP contribution >= 0.6 is 0 Å². The van der Waals surface area contributed by atoms with Gasteiger partial charge in [0.2, 0.25) is 6.79 Å². The average Bonchev–Trinajstić information content (AvgIpc) is 2.87. The summed E-state index contributed by atoms with van der Waals surface area (Å²) in [5, 5.41) is 10.0. The quantitative estimate of drug-likeness (QED) is 0.864. The number of benzene rings is 1. The Bertz CT molecular complexity index is 586. The lowest BCUT2D eigenvalue weighted by Gasteiger charge is -2.06. The van der Waals surface area contributed by atoms with E-state index in [4.69, 9.17) is 9.47 Å². The van der Waals surface area contributed by atoms with E-state index in [9.17, 15) is 4.79 Å². The van der Waals surface area contributed by atoms with Gasteiger partial charge in [-0.1, -0.05) is 6.07 Å². The highest BCUT2D eigenvalue weighted by Crippen LogP contribution is 2.35. The molecule has 1 aliphatic heterocycles. The third-order valence-electron chi connectivity index (χ3n) is 2.48. The van der Waals surface area contributed by atoms with E-state index < -0.39 is 0 Å². The SMILES string of the molecule is O=C(Nc1ccnnc1)c1cccc2c1OCO2. The number of nitrogens with zero attached hydrogens (tertiary/aromatic N) is 2. The van der Waals surface area contributed by atoms with E-state index >= 15 is 0 Å². The number of ether oxygens (including phenoxy) is 2. The molecule has 0 bridgehead atoms. The van der Waals surface area contributed by atoms with Crippen molar-refractivity contribution in [3.63, 3.8) is 0 Å². The zero-order chi connectivity index (χ0) is 12.4. The summed E-state index contributed by atoms with van der Waals surface area (Å²) in [6, 6.07) is 6.84. The number of fused-ring (bicyclic) bond motifs is 1. The van der Waals surface area contributed by atoms with E-state index in [1.807, 2.05) is 0 Å². The predicted octanol–water partition coefficient (Wildman–Crippen LogP) is 1.46. The molecule has 0 radical (unpaired) electrons. The molecule has 3 rings (SSSR count). The minimum absolute atomic E-state index is 0.135. The summed E-state index contributed by atoms with van der Waals surface area (Å²) in [5.41, 5.74) is 1.01. The molecule has 1 amide bonds. The summed E-state index contributed by atoms with van der Waals surface area (Å²) < 4.78 is 10.5. The van der Waals surface area contributed by atoms with Gasteiger partial charge in [0, 0.05) is 0 Å². The van der Waals surface area contributed by atoms with E-state index in [0.717, 1.165) is 0 Å². The van der Waals surface area contributed by atoms with Gasteiger partial charge in [-0.15, -0.1) is 0 Å². The predicted molar refractivity (Wildman–Crippen MR) is 62.6 cm³/mol. The van der Waals surface area contributed by atoms with E-state index in [2.05, 4.69) is 15.5 Å².